The summed E-state index contributed by atoms with van der Waals surface area (Å²) in [6, 6.07) is 1.68. The summed E-state index contributed by atoms with van der Waals surface area (Å²) in [6.07, 6.45) is 9.99. The van der Waals surface area contributed by atoms with Gasteiger partial charge in [-0.3, -0.25) is 4.79 Å². The Labute approximate surface area is 122 Å². The molecule has 3 unspecified atom stereocenters. The molecule has 3 atom stereocenters. The highest BCUT2D eigenvalue weighted by molar-refractivity contribution is 5.81. The van der Waals surface area contributed by atoms with Gasteiger partial charge >= 0.3 is 0 Å². The quantitative estimate of drug-likeness (QED) is 0.822. The highest BCUT2D eigenvalue weighted by Crippen LogP contribution is 2.27. The minimum Gasteiger partial charge on any atom is -0.352 e. The predicted octanol–water partition coefficient (Wildman–Crippen LogP) is 1.65. The Morgan fingerprint density at radius 1 is 1.05 bits per heavy atom. The fraction of sp³-hybridized carbons (Fsp3) is 0.938. The van der Waals surface area contributed by atoms with Crippen LogP contribution in [0, 0.1) is 0 Å². The molecule has 2 aliphatic heterocycles. The summed E-state index contributed by atoms with van der Waals surface area (Å²) >= 11 is 0. The Morgan fingerprint density at radius 2 is 1.85 bits per heavy atom. The van der Waals surface area contributed by atoms with Gasteiger partial charge in [0, 0.05) is 18.1 Å². The van der Waals surface area contributed by atoms with Crippen molar-refractivity contribution in [1.82, 2.24) is 15.5 Å². The lowest BCUT2D eigenvalue weighted by Crippen LogP contribution is -2.53. The van der Waals surface area contributed by atoms with E-state index in [1.165, 1.54) is 64.5 Å². The van der Waals surface area contributed by atoms with E-state index in [4.69, 9.17) is 0 Å². The molecule has 2 N–H and O–H groups in total. The summed E-state index contributed by atoms with van der Waals surface area (Å²) in [5.41, 5.74) is 0. The molecule has 3 fully saturated rings. The lowest BCUT2D eigenvalue weighted by Gasteiger charge is -2.36. The van der Waals surface area contributed by atoms with Crippen molar-refractivity contribution in [3.05, 3.63) is 0 Å². The number of amides is 1. The van der Waals surface area contributed by atoms with E-state index in [0.717, 1.165) is 6.04 Å². The number of fused-ring (bicyclic) bond motifs is 1. The van der Waals surface area contributed by atoms with Crippen LogP contribution in [0.5, 0.6) is 0 Å². The molecule has 4 nitrogen and oxygen atoms in total. The zero-order valence-corrected chi connectivity index (χ0v) is 12.7. The van der Waals surface area contributed by atoms with Crippen LogP contribution in [0.2, 0.25) is 0 Å². The second-order valence-electron chi connectivity index (χ2n) is 6.93. The SMILES string of the molecule is CC(NC1CCN2CCCC2C1)C(=O)NC1CCCC1. The molecular weight excluding hydrogens is 250 g/mol. The molecule has 0 aromatic carbocycles. The van der Waals surface area contributed by atoms with Gasteiger partial charge in [-0.05, 0) is 58.5 Å². The zero-order valence-electron chi connectivity index (χ0n) is 12.7. The predicted molar refractivity (Wildman–Crippen MR) is 80.6 cm³/mol. The largest absolute Gasteiger partial charge is 0.352 e. The van der Waals surface area contributed by atoms with Gasteiger partial charge in [-0.2, -0.15) is 0 Å². The number of piperidine rings is 1. The highest BCUT2D eigenvalue weighted by atomic mass is 16.2. The van der Waals surface area contributed by atoms with E-state index in [9.17, 15) is 4.79 Å². The van der Waals surface area contributed by atoms with Crippen molar-refractivity contribution in [1.29, 1.82) is 0 Å². The summed E-state index contributed by atoms with van der Waals surface area (Å²) in [6.45, 7) is 4.51. The minimum atomic E-state index is -0.0476. The van der Waals surface area contributed by atoms with Crippen molar-refractivity contribution < 1.29 is 4.79 Å². The molecule has 1 aliphatic carbocycles. The van der Waals surface area contributed by atoms with Crippen molar-refractivity contribution >= 4 is 5.91 Å². The number of hydrogen-bond donors (Lipinski definition) is 2. The van der Waals surface area contributed by atoms with Crippen molar-refractivity contribution in [3.63, 3.8) is 0 Å². The Morgan fingerprint density at radius 3 is 2.65 bits per heavy atom. The third-order valence-corrected chi connectivity index (χ3v) is 5.40. The van der Waals surface area contributed by atoms with Gasteiger partial charge in [-0.15, -0.1) is 0 Å². The first-order valence-electron chi connectivity index (χ1n) is 8.53. The Balaban J connectivity index is 1.43. The molecule has 2 saturated heterocycles. The van der Waals surface area contributed by atoms with Crippen molar-refractivity contribution in [2.45, 2.75) is 82.5 Å². The molecule has 20 heavy (non-hydrogen) atoms. The molecule has 0 radical (unpaired) electrons. The molecule has 114 valence electrons. The molecule has 1 saturated carbocycles. The first-order chi connectivity index (χ1) is 9.72. The van der Waals surface area contributed by atoms with Crippen LogP contribution >= 0.6 is 0 Å². The average molecular weight is 279 g/mol. The van der Waals surface area contributed by atoms with Crippen LogP contribution in [-0.2, 0) is 4.79 Å². The van der Waals surface area contributed by atoms with Gasteiger partial charge in [0.25, 0.3) is 0 Å². The Hall–Kier alpha value is -0.610. The number of carbonyl (C=O) groups is 1. The molecule has 0 aromatic rings. The van der Waals surface area contributed by atoms with E-state index in [1.54, 1.807) is 0 Å². The number of rotatable bonds is 4. The monoisotopic (exact) mass is 279 g/mol. The summed E-state index contributed by atoms with van der Waals surface area (Å²) in [7, 11) is 0. The van der Waals surface area contributed by atoms with E-state index in [2.05, 4.69) is 15.5 Å². The summed E-state index contributed by atoms with van der Waals surface area (Å²) in [5, 5.41) is 6.77. The van der Waals surface area contributed by atoms with Crippen molar-refractivity contribution in [2.75, 3.05) is 13.1 Å². The number of nitrogens with zero attached hydrogens (tertiary/aromatic N) is 1. The Kier molecular flexibility index (Phi) is 4.61. The zero-order chi connectivity index (χ0) is 13.9. The molecule has 0 spiro atoms. The van der Waals surface area contributed by atoms with Crippen LogP contribution in [-0.4, -0.2) is 48.1 Å². The molecule has 0 aromatic heterocycles. The van der Waals surface area contributed by atoms with E-state index < -0.39 is 0 Å². The summed E-state index contributed by atoms with van der Waals surface area (Å²) in [4.78, 5) is 14.8. The highest BCUT2D eigenvalue weighted by Gasteiger charge is 2.32. The standard InChI is InChI=1S/C16H29N3O/c1-12(16(20)18-13-5-2-3-6-13)17-14-8-10-19-9-4-7-15(19)11-14/h12-15,17H,2-11H2,1H3,(H,18,20). The van der Waals surface area contributed by atoms with E-state index in [0.29, 0.717) is 12.1 Å². The summed E-state index contributed by atoms with van der Waals surface area (Å²) in [5.74, 6) is 0.200. The third-order valence-electron chi connectivity index (χ3n) is 5.40. The number of hydrogen-bond acceptors (Lipinski definition) is 3. The maximum atomic E-state index is 12.2. The lowest BCUT2D eigenvalue weighted by molar-refractivity contribution is -0.123. The van der Waals surface area contributed by atoms with Gasteiger partial charge in [0.15, 0.2) is 0 Å². The maximum absolute atomic E-state index is 12.2. The number of nitrogens with one attached hydrogen (secondary N) is 2. The van der Waals surface area contributed by atoms with Crippen molar-refractivity contribution in [2.24, 2.45) is 0 Å². The lowest BCUT2D eigenvalue weighted by atomic mass is 9.97. The molecule has 1 amide bonds. The molecule has 0 bridgehead atoms. The molecule has 2 heterocycles. The first kappa shape index (κ1) is 14.3. The number of carbonyl (C=O) groups excluding carboxylic acids is 1. The van der Waals surface area contributed by atoms with Crippen LogP contribution in [0.3, 0.4) is 0 Å². The minimum absolute atomic E-state index is 0.0476. The second-order valence-corrected chi connectivity index (χ2v) is 6.93. The van der Waals surface area contributed by atoms with Crippen LogP contribution < -0.4 is 10.6 Å². The Bertz CT molecular complexity index is 341. The van der Waals surface area contributed by atoms with Crippen LogP contribution in [0.25, 0.3) is 0 Å². The normalized spacial score (nSPS) is 33.0. The van der Waals surface area contributed by atoms with E-state index in [-0.39, 0.29) is 11.9 Å². The van der Waals surface area contributed by atoms with Gasteiger partial charge < -0.3 is 15.5 Å². The fourth-order valence-corrected chi connectivity index (χ4v) is 4.20. The third kappa shape index (κ3) is 3.34. The molecular formula is C16H29N3O. The van der Waals surface area contributed by atoms with Crippen LogP contribution in [0.1, 0.15) is 58.3 Å². The topological polar surface area (TPSA) is 44.4 Å². The fourth-order valence-electron chi connectivity index (χ4n) is 4.20. The molecule has 4 heteroatoms. The molecule has 3 rings (SSSR count). The summed E-state index contributed by atoms with van der Waals surface area (Å²) < 4.78 is 0. The maximum Gasteiger partial charge on any atom is 0.237 e. The smallest absolute Gasteiger partial charge is 0.237 e. The first-order valence-corrected chi connectivity index (χ1v) is 8.53. The van der Waals surface area contributed by atoms with Crippen LogP contribution in [0.15, 0.2) is 0 Å². The van der Waals surface area contributed by atoms with Gasteiger partial charge in [-0.25, -0.2) is 0 Å². The average Bonchev–Trinajstić information content (AvgIpc) is 3.08. The van der Waals surface area contributed by atoms with E-state index in [1.807, 2.05) is 6.92 Å². The van der Waals surface area contributed by atoms with E-state index >= 15 is 0 Å². The van der Waals surface area contributed by atoms with Crippen LogP contribution in [0.4, 0.5) is 0 Å². The second kappa shape index (κ2) is 6.44. The molecule has 3 aliphatic rings. The van der Waals surface area contributed by atoms with Gasteiger partial charge in [0.05, 0.1) is 6.04 Å². The van der Waals surface area contributed by atoms with Gasteiger partial charge in [-0.1, -0.05) is 12.8 Å². The van der Waals surface area contributed by atoms with Crippen molar-refractivity contribution in [3.8, 4) is 0 Å². The van der Waals surface area contributed by atoms with Gasteiger partial charge in [0.2, 0.25) is 5.91 Å². The van der Waals surface area contributed by atoms with Gasteiger partial charge in [0.1, 0.15) is 0 Å².